The smallest absolute Gasteiger partial charge is 0.410 e. The Kier molecular flexibility index (Phi) is 6.31. The van der Waals surface area contributed by atoms with Crippen molar-refractivity contribution in [1.29, 1.82) is 0 Å². The molecule has 0 spiro atoms. The maximum atomic E-state index is 13.7. The Morgan fingerprint density at radius 3 is 2.19 bits per heavy atom. The lowest BCUT2D eigenvalue weighted by Gasteiger charge is -2.36. The van der Waals surface area contributed by atoms with Gasteiger partial charge in [-0.2, -0.15) is 0 Å². The Hall–Kier alpha value is -4.01. The van der Waals surface area contributed by atoms with Gasteiger partial charge in [0.1, 0.15) is 17.1 Å². The van der Waals surface area contributed by atoms with Crippen LogP contribution < -0.4 is 4.90 Å². The van der Waals surface area contributed by atoms with Gasteiger partial charge in [0.25, 0.3) is 0 Å². The average molecular weight is 503 g/mol. The van der Waals surface area contributed by atoms with Gasteiger partial charge in [0, 0.05) is 60.8 Å². The van der Waals surface area contributed by atoms with Crippen molar-refractivity contribution in [3.8, 4) is 22.5 Å². The van der Waals surface area contributed by atoms with Crippen molar-refractivity contribution in [3.63, 3.8) is 0 Å². The number of ether oxygens (including phenoxy) is 1. The van der Waals surface area contributed by atoms with Gasteiger partial charge in [-0.15, -0.1) is 5.10 Å². The minimum atomic E-state index is -0.526. The van der Waals surface area contributed by atoms with E-state index < -0.39 is 5.60 Å². The average Bonchev–Trinajstić information content (AvgIpc) is 3.26. The van der Waals surface area contributed by atoms with E-state index in [1.807, 2.05) is 44.3 Å². The number of amides is 1. The molecule has 4 heterocycles. The number of imidazole rings is 1. The second-order valence-corrected chi connectivity index (χ2v) is 10.3. The normalized spacial score (nSPS) is 14.3. The number of aryl methyl sites for hydroxylation is 1. The maximum absolute atomic E-state index is 13.7. The fraction of sp³-hybridized carbons (Fsp3) is 0.357. The molecule has 0 bridgehead atoms. The number of hydrogen-bond acceptors (Lipinski definition) is 6. The van der Waals surface area contributed by atoms with E-state index in [1.54, 1.807) is 29.4 Å². The number of carbonyl (C=O) groups is 1. The van der Waals surface area contributed by atoms with E-state index in [9.17, 15) is 9.18 Å². The Bertz CT molecular complexity index is 1440. The molecule has 4 aromatic rings. The first-order valence-electron chi connectivity index (χ1n) is 12.4. The highest BCUT2D eigenvalue weighted by Gasteiger charge is 2.28. The molecule has 8 nitrogen and oxygen atoms in total. The standard InChI is InChI=1S/C28H31FN6O2/c1-18-19(2)26(33-14-16-34(17-15-33)27(36)37-28(3,4)5)32-35-24(21-10-12-30-13-11-21)23(31-25(18)35)20-6-8-22(29)9-7-20/h6-13H,14-17H2,1-5H3. The molecule has 0 unspecified atom stereocenters. The highest BCUT2D eigenvalue weighted by molar-refractivity contribution is 5.83. The molecule has 0 aliphatic carbocycles. The SMILES string of the molecule is Cc1c(N2CCN(C(=O)OC(C)(C)C)CC2)nn2c(-c3ccncc3)c(-c3ccc(F)cc3)nc2c1C. The zero-order chi connectivity index (χ0) is 26.3. The van der Waals surface area contributed by atoms with E-state index in [0.717, 1.165) is 45.1 Å². The summed E-state index contributed by atoms with van der Waals surface area (Å²) in [4.78, 5) is 25.6. The molecular weight excluding hydrogens is 471 g/mol. The molecule has 0 N–H and O–H groups in total. The number of hydrogen-bond donors (Lipinski definition) is 0. The second kappa shape index (κ2) is 9.46. The molecule has 192 valence electrons. The third-order valence-electron chi connectivity index (χ3n) is 6.58. The Morgan fingerprint density at radius 1 is 0.919 bits per heavy atom. The molecule has 1 saturated heterocycles. The van der Waals surface area contributed by atoms with Crippen molar-refractivity contribution in [2.45, 2.75) is 40.2 Å². The van der Waals surface area contributed by atoms with E-state index in [1.165, 1.54) is 12.1 Å². The molecule has 5 rings (SSSR count). The van der Waals surface area contributed by atoms with Crippen LogP contribution in [-0.4, -0.2) is 62.4 Å². The van der Waals surface area contributed by atoms with Crippen molar-refractivity contribution in [2.75, 3.05) is 31.1 Å². The van der Waals surface area contributed by atoms with Gasteiger partial charge in [-0.1, -0.05) is 0 Å². The van der Waals surface area contributed by atoms with Gasteiger partial charge < -0.3 is 14.5 Å². The summed E-state index contributed by atoms with van der Waals surface area (Å²) in [6.45, 7) is 12.1. The number of halogens is 1. The molecule has 1 amide bonds. The van der Waals surface area contributed by atoms with Gasteiger partial charge in [0.2, 0.25) is 0 Å². The van der Waals surface area contributed by atoms with Crippen LogP contribution >= 0.6 is 0 Å². The second-order valence-electron chi connectivity index (χ2n) is 10.3. The summed E-state index contributed by atoms with van der Waals surface area (Å²) in [7, 11) is 0. The summed E-state index contributed by atoms with van der Waals surface area (Å²) in [6, 6.07) is 10.2. The number of fused-ring (bicyclic) bond motifs is 1. The van der Waals surface area contributed by atoms with Crippen LogP contribution in [0.1, 0.15) is 31.9 Å². The van der Waals surface area contributed by atoms with Crippen molar-refractivity contribution in [2.24, 2.45) is 0 Å². The van der Waals surface area contributed by atoms with Gasteiger partial charge in [-0.3, -0.25) is 4.98 Å². The number of rotatable bonds is 3. The first-order valence-corrected chi connectivity index (χ1v) is 12.4. The van der Waals surface area contributed by atoms with E-state index in [2.05, 4.69) is 16.8 Å². The van der Waals surface area contributed by atoms with E-state index in [0.29, 0.717) is 26.2 Å². The molecule has 1 fully saturated rings. The number of nitrogens with zero attached hydrogens (tertiary/aromatic N) is 6. The molecule has 3 aromatic heterocycles. The van der Waals surface area contributed by atoms with Crippen LogP contribution in [0.25, 0.3) is 28.2 Å². The van der Waals surface area contributed by atoms with Gasteiger partial charge in [-0.25, -0.2) is 18.7 Å². The number of anilines is 1. The van der Waals surface area contributed by atoms with Gasteiger partial charge in [-0.05, 0) is 71.0 Å². The molecule has 0 atom stereocenters. The van der Waals surface area contributed by atoms with Crippen LogP contribution in [-0.2, 0) is 4.74 Å². The summed E-state index contributed by atoms with van der Waals surface area (Å²) >= 11 is 0. The maximum Gasteiger partial charge on any atom is 0.410 e. The van der Waals surface area contributed by atoms with Crippen LogP contribution in [0.15, 0.2) is 48.8 Å². The number of piperazine rings is 1. The van der Waals surface area contributed by atoms with Crippen LogP contribution in [0.3, 0.4) is 0 Å². The van der Waals surface area contributed by atoms with Crippen molar-refractivity contribution >= 4 is 17.6 Å². The summed E-state index contributed by atoms with van der Waals surface area (Å²) in [5, 5.41) is 5.08. The minimum absolute atomic E-state index is 0.290. The number of carbonyl (C=O) groups excluding carboxylic acids is 1. The highest BCUT2D eigenvalue weighted by atomic mass is 19.1. The molecule has 9 heteroatoms. The predicted octanol–water partition coefficient (Wildman–Crippen LogP) is 5.27. The fourth-order valence-electron chi connectivity index (χ4n) is 4.56. The van der Waals surface area contributed by atoms with Crippen LogP contribution in [0.5, 0.6) is 0 Å². The quantitative estimate of drug-likeness (QED) is 0.380. The van der Waals surface area contributed by atoms with Gasteiger partial charge >= 0.3 is 6.09 Å². The summed E-state index contributed by atoms with van der Waals surface area (Å²) < 4.78 is 21.1. The Balaban J connectivity index is 1.56. The molecule has 1 aliphatic heterocycles. The van der Waals surface area contributed by atoms with E-state index >= 15 is 0 Å². The van der Waals surface area contributed by atoms with Crippen molar-refractivity contribution < 1.29 is 13.9 Å². The van der Waals surface area contributed by atoms with E-state index in [4.69, 9.17) is 14.8 Å². The Labute approximate surface area is 215 Å². The first kappa shape index (κ1) is 24.7. The summed E-state index contributed by atoms with van der Waals surface area (Å²) in [5.74, 6) is 0.558. The minimum Gasteiger partial charge on any atom is -0.444 e. The molecule has 0 radical (unpaired) electrons. The summed E-state index contributed by atoms with van der Waals surface area (Å²) in [6.07, 6.45) is 3.18. The molecule has 0 saturated carbocycles. The Morgan fingerprint density at radius 2 is 1.57 bits per heavy atom. The third-order valence-corrected chi connectivity index (χ3v) is 6.58. The number of benzene rings is 1. The zero-order valence-corrected chi connectivity index (χ0v) is 21.8. The molecule has 37 heavy (non-hydrogen) atoms. The molecular formula is C28H31FN6O2. The first-order chi connectivity index (χ1) is 17.6. The van der Waals surface area contributed by atoms with Crippen LogP contribution in [0, 0.1) is 19.7 Å². The third kappa shape index (κ3) is 4.85. The zero-order valence-electron chi connectivity index (χ0n) is 21.8. The highest BCUT2D eigenvalue weighted by Crippen LogP contribution is 2.35. The van der Waals surface area contributed by atoms with Crippen LogP contribution in [0.4, 0.5) is 15.0 Å². The summed E-state index contributed by atoms with van der Waals surface area (Å²) in [5.41, 5.74) is 5.55. The van der Waals surface area contributed by atoms with Gasteiger partial charge in [0.05, 0.1) is 5.69 Å². The van der Waals surface area contributed by atoms with Crippen molar-refractivity contribution in [3.05, 3.63) is 65.7 Å². The van der Waals surface area contributed by atoms with Gasteiger partial charge in [0.15, 0.2) is 11.5 Å². The molecule has 1 aliphatic rings. The number of aromatic nitrogens is 4. The van der Waals surface area contributed by atoms with Crippen LogP contribution in [0.2, 0.25) is 0 Å². The lowest BCUT2D eigenvalue weighted by Crippen LogP contribution is -2.50. The largest absolute Gasteiger partial charge is 0.444 e. The fourth-order valence-corrected chi connectivity index (χ4v) is 4.56. The molecule has 1 aromatic carbocycles. The predicted molar refractivity (Wildman–Crippen MR) is 141 cm³/mol. The lowest BCUT2D eigenvalue weighted by atomic mass is 10.1. The monoisotopic (exact) mass is 502 g/mol. The van der Waals surface area contributed by atoms with Crippen molar-refractivity contribution in [1.82, 2.24) is 24.5 Å². The topological polar surface area (TPSA) is 75.9 Å². The lowest BCUT2D eigenvalue weighted by molar-refractivity contribution is 0.0240. The van der Waals surface area contributed by atoms with E-state index in [-0.39, 0.29) is 11.9 Å². The number of pyridine rings is 1.